The van der Waals surface area contributed by atoms with Gasteiger partial charge in [0.25, 0.3) is 0 Å². The van der Waals surface area contributed by atoms with E-state index in [2.05, 4.69) is 57.9 Å². The lowest BCUT2D eigenvalue weighted by Gasteiger charge is -2.36. The minimum Gasteiger partial charge on any atom is -0.465 e. The number of fused-ring (bicyclic) bond motifs is 1. The monoisotopic (exact) mass is 519 g/mol. The van der Waals surface area contributed by atoms with E-state index in [0.29, 0.717) is 22.9 Å². The molecule has 1 aromatic heterocycles. The lowest BCUT2D eigenvalue weighted by atomic mass is 9.69. The number of thiophene rings is 1. The number of alkyl halides is 2. The van der Waals surface area contributed by atoms with Gasteiger partial charge in [0.15, 0.2) is 0 Å². The van der Waals surface area contributed by atoms with Gasteiger partial charge in [0.2, 0.25) is 5.91 Å². The summed E-state index contributed by atoms with van der Waals surface area (Å²) in [6, 6.07) is 0. The molecule has 1 amide bonds. The second-order valence-corrected chi connectivity index (χ2v) is 13.5. The van der Waals surface area contributed by atoms with Crippen molar-refractivity contribution in [3.8, 4) is 0 Å². The zero-order valence-corrected chi connectivity index (χ0v) is 20.5. The molecule has 3 rings (SSSR count). The van der Waals surface area contributed by atoms with Crippen molar-refractivity contribution in [3.63, 3.8) is 0 Å². The zero-order valence-electron chi connectivity index (χ0n) is 16.5. The summed E-state index contributed by atoms with van der Waals surface area (Å²) in [7, 11) is 1.40. The van der Waals surface area contributed by atoms with Gasteiger partial charge in [0, 0.05) is 4.88 Å². The van der Waals surface area contributed by atoms with Crippen LogP contribution in [0.3, 0.4) is 0 Å². The molecular weight excluding hydrogens is 494 g/mol. The number of anilines is 1. The first-order valence-corrected chi connectivity index (χ1v) is 11.8. The normalized spacial score (nSPS) is 26.3. The molecule has 7 heteroatoms. The van der Waals surface area contributed by atoms with Gasteiger partial charge < -0.3 is 10.1 Å². The Kier molecular flexibility index (Phi) is 5.63. The molecule has 0 aliphatic heterocycles. The minimum absolute atomic E-state index is 0.0783. The Morgan fingerprint density at radius 1 is 1.37 bits per heavy atom. The Morgan fingerprint density at radius 2 is 2.00 bits per heavy atom. The first-order valence-electron chi connectivity index (χ1n) is 9.39. The van der Waals surface area contributed by atoms with Gasteiger partial charge in [-0.25, -0.2) is 4.79 Å². The molecule has 4 nitrogen and oxygen atoms in total. The molecule has 0 spiro atoms. The van der Waals surface area contributed by atoms with Crippen LogP contribution >= 0.6 is 43.2 Å². The Hall–Kier alpha value is -0.400. The SMILES string of the molecule is CCC(C)(C)[C@H]1CCc2c(sc(NC(=O)[C@]3(C)CC3(Br)Br)c2C(=O)OC)C1. The first kappa shape index (κ1) is 21.3. The molecule has 150 valence electrons. The quantitative estimate of drug-likeness (QED) is 0.387. The fraction of sp³-hybridized carbons (Fsp3) is 0.700. The summed E-state index contributed by atoms with van der Waals surface area (Å²) in [6.45, 7) is 8.79. The van der Waals surface area contributed by atoms with Crippen LogP contribution in [0, 0.1) is 16.7 Å². The van der Waals surface area contributed by atoms with Crippen molar-refractivity contribution in [2.75, 3.05) is 12.4 Å². The molecule has 2 aliphatic carbocycles. The van der Waals surface area contributed by atoms with Crippen LogP contribution in [0.4, 0.5) is 5.00 Å². The van der Waals surface area contributed by atoms with Crippen molar-refractivity contribution in [2.24, 2.45) is 16.7 Å². The maximum atomic E-state index is 12.8. The van der Waals surface area contributed by atoms with Gasteiger partial charge in [0.1, 0.15) is 5.00 Å². The molecule has 1 saturated carbocycles. The van der Waals surface area contributed by atoms with Crippen molar-refractivity contribution in [1.29, 1.82) is 0 Å². The van der Waals surface area contributed by atoms with E-state index in [9.17, 15) is 9.59 Å². The molecule has 0 saturated heterocycles. The fourth-order valence-electron chi connectivity index (χ4n) is 3.83. The highest BCUT2D eigenvalue weighted by Crippen LogP contribution is 2.66. The van der Waals surface area contributed by atoms with E-state index >= 15 is 0 Å². The molecule has 0 unspecified atom stereocenters. The largest absolute Gasteiger partial charge is 0.465 e. The maximum absolute atomic E-state index is 12.8. The average molecular weight is 521 g/mol. The molecule has 2 atom stereocenters. The van der Waals surface area contributed by atoms with Gasteiger partial charge in [-0.1, -0.05) is 59.1 Å². The Balaban J connectivity index is 1.92. The number of amides is 1. The third-order valence-corrected chi connectivity index (χ3v) is 10.1. The van der Waals surface area contributed by atoms with Crippen molar-refractivity contribution in [2.45, 2.75) is 63.0 Å². The van der Waals surface area contributed by atoms with Crippen molar-refractivity contribution in [3.05, 3.63) is 16.0 Å². The molecule has 2 aliphatic rings. The molecular formula is C20H27Br2NO3S. The summed E-state index contributed by atoms with van der Waals surface area (Å²) >= 11 is 8.64. The van der Waals surface area contributed by atoms with E-state index in [4.69, 9.17) is 4.74 Å². The summed E-state index contributed by atoms with van der Waals surface area (Å²) in [5.74, 6) is 0.146. The second kappa shape index (κ2) is 7.13. The Labute approximate surface area is 182 Å². The lowest BCUT2D eigenvalue weighted by molar-refractivity contribution is -0.120. The number of nitrogens with one attached hydrogen (secondary N) is 1. The number of halogens is 2. The van der Waals surface area contributed by atoms with E-state index in [1.165, 1.54) is 12.0 Å². The molecule has 1 aromatic rings. The molecule has 0 aromatic carbocycles. The van der Waals surface area contributed by atoms with Crippen molar-refractivity contribution >= 4 is 60.1 Å². The topological polar surface area (TPSA) is 55.4 Å². The molecule has 0 radical (unpaired) electrons. The highest BCUT2D eigenvalue weighted by atomic mass is 79.9. The van der Waals surface area contributed by atoms with Crippen LogP contribution in [0.25, 0.3) is 0 Å². The summed E-state index contributed by atoms with van der Waals surface area (Å²) in [6.07, 6.45) is 4.71. The number of carbonyl (C=O) groups is 2. The summed E-state index contributed by atoms with van der Waals surface area (Å²) in [5, 5.41) is 3.66. The van der Waals surface area contributed by atoms with Gasteiger partial charge >= 0.3 is 5.97 Å². The molecule has 1 N–H and O–H groups in total. The van der Waals surface area contributed by atoms with Gasteiger partial charge in [-0.2, -0.15) is 0 Å². The summed E-state index contributed by atoms with van der Waals surface area (Å²) in [4.78, 5) is 26.5. The van der Waals surface area contributed by atoms with Crippen LogP contribution in [0.1, 0.15) is 67.8 Å². The highest BCUT2D eigenvalue weighted by molar-refractivity contribution is 9.25. The van der Waals surface area contributed by atoms with Crippen LogP contribution in [0.2, 0.25) is 0 Å². The number of hydrogen-bond donors (Lipinski definition) is 1. The van der Waals surface area contributed by atoms with Gasteiger partial charge in [0.05, 0.1) is 21.3 Å². The number of rotatable bonds is 5. The average Bonchev–Trinajstić information content (AvgIpc) is 2.97. The van der Waals surface area contributed by atoms with Crippen LogP contribution < -0.4 is 5.32 Å². The highest BCUT2D eigenvalue weighted by Gasteiger charge is 2.66. The van der Waals surface area contributed by atoms with E-state index in [1.807, 2.05) is 6.92 Å². The number of carbonyl (C=O) groups excluding carboxylic acids is 2. The van der Waals surface area contributed by atoms with Gasteiger partial charge in [-0.3, -0.25) is 4.79 Å². The van der Waals surface area contributed by atoms with Crippen LogP contribution in [0.5, 0.6) is 0 Å². The number of hydrogen-bond acceptors (Lipinski definition) is 4. The first-order chi connectivity index (χ1) is 12.5. The Bertz CT molecular complexity index is 786. The Morgan fingerprint density at radius 3 is 2.52 bits per heavy atom. The third-order valence-electron chi connectivity index (χ3n) is 6.66. The van der Waals surface area contributed by atoms with Crippen LogP contribution in [0.15, 0.2) is 0 Å². The van der Waals surface area contributed by atoms with Crippen molar-refractivity contribution in [1.82, 2.24) is 0 Å². The molecule has 1 fully saturated rings. The molecule has 1 heterocycles. The minimum atomic E-state index is -0.530. The van der Waals surface area contributed by atoms with E-state index < -0.39 is 5.41 Å². The van der Waals surface area contributed by atoms with Gasteiger partial charge in [-0.05, 0) is 49.5 Å². The standard InChI is InChI=1S/C20H27Br2NO3S/c1-6-18(2,3)11-7-8-12-13(9-11)27-15(14(12)16(24)26-5)23-17(25)19(4)10-20(19,21)22/h11H,6-10H2,1-5H3,(H,23,25)/t11-,19-/m0/s1. The van der Waals surface area contributed by atoms with Crippen molar-refractivity contribution < 1.29 is 14.3 Å². The maximum Gasteiger partial charge on any atom is 0.341 e. The van der Waals surface area contributed by atoms with E-state index in [0.717, 1.165) is 31.2 Å². The van der Waals surface area contributed by atoms with Gasteiger partial charge in [-0.15, -0.1) is 11.3 Å². The number of methoxy groups -OCH3 is 1. The predicted octanol–water partition coefficient (Wildman–Crippen LogP) is 5.91. The summed E-state index contributed by atoms with van der Waals surface area (Å²) in [5.41, 5.74) is 1.36. The lowest BCUT2D eigenvalue weighted by Crippen LogP contribution is -2.28. The molecule has 0 bridgehead atoms. The fourth-order valence-corrected chi connectivity index (χ4v) is 6.63. The smallest absolute Gasteiger partial charge is 0.341 e. The van der Waals surface area contributed by atoms with Crippen LogP contribution in [-0.4, -0.2) is 22.2 Å². The second-order valence-electron chi connectivity index (χ2n) is 8.65. The number of ether oxygens (including phenoxy) is 1. The number of esters is 1. The van der Waals surface area contributed by atoms with E-state index in [1.54, 1.807) is 11.3 Å². The third kappa shape index (κ3) is 3.64. The zero-order chi connectivity index (χ0) is 20.2. The van der Waals surface area contributed by atoms with E-state index in [-0.39, 0.29) is 20.5 Å². The summed E-state index contributed by atoms with van der Waals surface area (Å²) < 4.78 is 4.67. The van der Waals surface area contributed by atoms with Crippen LogP contribution in [-0.2, 0) is 22.4 Å². The predicted molar refractivity (Wildman–Crippen MR) is 117 cm³/mol. The molecule has 27 heavy (non-hydrogen) atoms.